The number of imide groups is 1. The van der Waals surface area contributed by atoms with Crippen LogP contribution in [0.5, 0.6) is 0 Å². The van der Waals surface area contributed by atoms with E-state index in [2.05, 4.69) is 5.32 Å². The van der Waals surface area contributed by atoms with E-state index in [1.807, 2.05) is 6.07 Å². The van der Waals surface area contributed by atoms with Crippen molar-refractivity contribution in [2.24, 2.45) is 0 Å². The lowest BCUT2D eigenvalue weighted by molar-refractivity contribution is -0.384. The van der Waals surface area contributed by atoms with Crippen molar-refractivity contribution in [2.45, 2.75) is 9.79 Å². The van der Waals surface area contributed by atoms with Gasteiger partial charge in [0.2, 0.25) is 0 Å². The Bertz CT molecular complexity index is 1500. The number of nitrogens with one attached hydrogen (secondary N) is 1. The molecule has 0 fully saturated rings. The average molecular weight is 496 g/mol. The molecule has 4 aromatic carbocycles. The third-order valence-corrected chi connectivity index (χ3v) is 6.57. The smallest absolute Gasteiger partial charge is 0.269 e. The molecular formula is C27H17N3O5S. The fourth-order valence-corrected chi connectivity index (χ4v) is 4.59. The van der Waals surface area contributed by atoms with Crippen molar-refractivity contribution >= 4 is 46.5 Å². The lowest BCUT2D eigenvalue weighted by Crippen LogP contribution is -2.29. The first-order valence-corrected chi connectivity index (χ1v) is 11.6. The number of para-hydroxylation sites is 1. The van der Waals surface area contributed by atoms with Crippen LogP contribution in [-0.2, 0) is 0 Å². The van der Waals surface area contributed by atoms with E-state index < -0.39 is 16.7 Å². The monoisotopic (exact) mass is 495 g/mol. The van der Waals surface area contributed by atoms with Gasteiger partial charge in [0, 0.05) is 33.2 Å². The number of fused-ring (bicyclic) bond motifs is 1. The number of anilines is 2. The summed E-state index contributed by atoms with van der Waals surface area (Å²) in [5.74, 6) is -1.34. The Morgan fingerprint density at radius 3 is 2.03 bits per heavy atom. The van der Waals surface area contributed by atoms with E-state index in [0.29, 0.717) is 11.4 Å². The molecule has 1 aliphatic rings. The summed E-state index contributed by atoms with van der Waals surface area (Å²) in [4.78, 5) is 51.8. The third-order valence-electron chi connectivity index (χ3n) is 5.56. The number of hydrogen-bond donors (Lipinski definition) is 1. The largest absolute Gasteiger partial charge is 0.322 e. The number of carbonyl (C=O) groups excluding carboxylic acids is 3. The van der Waals surface area contributed by atoms with Crippen molar-refractivity contribution < 1.29 is 19.3 Å². The summed E-state index contributed by atoms with van der Waals surface area (Å²) in [6, 6.07) is 26.5. The van der Waals surface area contributed by atoms with Crippen LogP contribution in [0.25, 0.3) is 0 Å². The van der Waals surface area contributed by atoms with Gasteiger partial charge in [0.25, 0.3) is 23.4 Å². The molecule has 3 amide bonds. The van der Waals surface area contributed by atoms with Gasteiger partial charge in [-0.2, -0.15) is 0 Å². The lowest BCUT2D eigenvalue weighted by Gasteiger charge is -2.14. The molecule has 0 aliphatic carbocycles. The second-order valence-electron chi connectivity index (χ2n) is 7.87. The highest BCUT2D eigenvalue weighted by molar-refractivity contribution is 7.99. The average Bonchev–Trinajstić information content (AvgIpc) is 3.14. The van der Waals surface area contributed by atoms with Gasteiger partial charge in [-0.25, -0.2) is 4.90 Å². The van der Waals surface area contributed by atoms with Gasteiger partial charge in [-0.05, 0) is 66.7 Å². The van der Waals surface area contributed by atoms with Crippen LogP contribution in [0, 0.1) is 10.1 Å². The zero-order valence-electron chi connectivity index (χ0n) is 18.6. The summed E-state index contributed by atoms with van der Waals surface area (Å²) in [5.41, 5.74) is 1.73. The highest BCUT2D eigenvalue weighted by atomic mass is 32.2. The predicted molar refractivity (Wildman–Crippen MR) is 136 cm³/mol. The maximum absolute atomic E-state index is 13.1. The summed E-state index contributed by atoms with van der Waals surface area (Å²) >= 11 is 1.40. The Hall–Kier alpha value is -4.76. The number of hydrogen-bond acceptors (Lipinski definition) is 6. The van der Waals surface area contributed by atoms with Gasteiger partial charge in [0.1, 0.15) is 0 Å². The Balaban J connectivity index is 1.32. The van der Waals surface area contributed by atoms with Gasteiger partial charge in [-0.15, -0.1) is 0 Å². The maximum atomic E-state index is 13.1. The Kier molecular flexibility index (Phi) is 6.05. The van der Waals surface area contributed by atoms with Crippen molar-refractivity contribution in [1.29, 1.82) is 0 Å². The lowest BCUT2D eigenvalue weighted by atomic mass is 10.1. The number of nitro benzene ring substituents is 1. The molecule has 5 rings (SSSR count). The molecule has 1 aliphatic heterocycles. The van der Waals surface area contributed by atoms with E-state index in [9.17, 15) is 24.5 Å². The van der Waals surface area contributed by atoms with E-state index in [1.165, 1.54) is 42.1 Å². The second-order valence-corrected chi connectivity index (χ2v) is 9.02. The molecule has 4 aromatic rings. The first-order chi connectivity index (χ1) is 17.4. The molecule has 1 N–H and O–H groups in total. The van der Waals surface area contributed by atoms with Crippen LogP contribution in [-0.4, -0.2) is 22.6 Å². The molecule has 0 aromatic heterocycles. The van der Waals surface area contributed by atoms with Crippen LogP contribution < -0.4 is 10.2 Å². The van der Waals surface area contributed by atoms with Crippen LogP contribution in [0.15, 0.2) is 107 Å². The molecule has 9 heteroatoms. The molecule has 1 heterocycles. The number of nitro groups is 1. The van der Waals surface area contributed by atoms with Gasteiger partial charge in [-0.1, -0.05) is 30.0 Å². The summed E-state index contributed by atoms with van der Waals surface area (Å²) in [6.07, 6.45) is 0. The molecule has 0 spiro atoms. The zero-order chi connectivity index (χ0) is 25.2. The fourth-order valence-electron chi connectivity index (χ4n) is 3.78. The first kappa shape index (κ1) is 23.0. The SMILES string of the molecule is O=C(Nc1ccccc1)c1ccc2c(c1)C(=O)N(c1ccc(Sc3ccc([N+](=O)[O-])cc3)cc1)C2=O. The van der Waals surface area contributed by atoms with Crippen LogP contribution in [0.3, 0.4) is 0 Å². The van der Waals surface area contributed by atoms with Crippen molar-refractivity contribution in [3.8, 4) is 0 Å². The van der Waals surface area contributed by atoms with Gasteiger partial charge >= 0.3 is 0 Å². The number of benzene rings is 4. The highest BCUT2D eigenvalue weighted by Gasteiger charge is 2.37. The van der Waals surface area contributed by atoms with Crippen molar-refractivity contribution in [2.75, 3.05) is 10.2 Å². The van der Waals surface area contributed by atoms with Gasteiger partial charge in [0.15, 0.2) is 0 Å². The quantitative estimate of drug-likeness (QED) is 0.206. The van der Waals surface area contributed by atoms with Crippen LogP contribution >= 0.6 is 11.8 Å². The van der Waals surface area contributed by atoms with Gasteiger partial charge in [-0.3, -0.25) is 24.5 Å². The van der Waals surface area contributed by atoms with Crippen molar-refractivity contribution in [1.82, 2.24) is 0 Å². The van der Waals surface area contributed by atoms with E-state index >= 15 is 0 Å². The molecule has 0 atom stereocenters. The van der Waals surface area contributed by atoms with E-state index in [0.717, 1.165) is 14.7 Å². The molecule has 0 bridgehead atoms. The van der Waals surface area contributed by atoms with Gasteiger partial charge in [0.05, 0.1) is 21.7 Å². The fraction of sp³-hybridized carbons (Fsp3) is 0. The molecule has 0 radical (unpaired) electrons. The molecule has 0 unspecified atom stereocenters. The highest BCUT2D eigenvalue weighted by Crippen LogP contribution is 2.33. The molecule has 176 valence electrons. The van der Waals surface area contributed by atoms with E-state index in [-0.39, 0.29) is 28.3 Å². The minimum absolute atomic E-state index is 0.0148. The Morgan fingerprint density at radius 2 is 1.39 bits per heavy atom. The van der Waals surface area contributed by atoms with E-state index in [1.54, 1.807) is 60.7 Å². The van der Waals surface area contributed by atoms with Crippen LogP contribution in [0.4, 0.5) is 17.1 Å². The normalized spacial score (nSPS) is 12.4. The molecule has 8 nitrogen and oxygen atoms in total. The molecule has 0 saturated heterocycles. The Labute approximate surface area is 209 Å². The molecule has 0 saturated carbocycles. The first-order valence-electron chi connectivity index (χ1n) is 10.8. The number of nitrogens with zero attached hydrogens (tertiary/aromatic N) is 2. The number of amides is 3. The summed E-state index contributed by atoms with van der Waals surface area (Å²) in [5, 5.41) is 13.6. The van der Waals surface area contributed by atoms with Crippen molar-refractivity contribution in [3.63, 3.8) is 0 Å². The minimum Gasteiger partial charge on any atom is -0.322 e. The molecular weight excluding hydrogens is 478 g/mol. The summed E-state index contributed by atoms with van der Waals surface area (Å²) in [7, 11) is 0. The third kappa shape index (κ3) is 4.47. The van der Waals surface area contributed by atoms with Crippen LogP contribution in [0.2, 0.25) is 0 Å². The predicted octanol–water partition coefficient (Wildman–Crippen LogP) is 5.80. The number of rotatable bonds is 6. The minimum atomic E-state index is -0.500. The standard InChI is InChI=1S/C27H17N3O5S/c31-25(28-18-4-2-1-3-5-18)17-6-15-23-24(16-17)27(33)29(26(23)32)19-7-11-21(12-8-19)36-22-13-9-20(10-14-22)30(34)35/h1-16H,(H,28,31). The maximum Gasteiger partial charge on any atom is 0.269 e. The molecule has 36 heavy (non-hydrogen) atoms. The summed E-state index contributed by atoms with van der Waals surface area (Å²) < 4.78 is 0. The topological polar surface area (TPSA) is 110 Å². The van der Waals surface area contributed by atoms with Gasteiger partial charge < -0.3 is 5.32 Å². The van der Waals surface area contributed by atoms with Crippen LogP contribution in [0.1, 0.15) is 31.1 Å². The second kappa shape index (κ2) is 9.47. The number of carbonyl (C=O) groups is 3. The number of non-ortho nitro benzene ring substituents is 1. The van der Waals surface area contributed by atoms with E-state index in [4.69, 9.17) is 0 Å². The zero-order valence-corrected chi connectivity index (χ0v) is 19.4. The Morgan fingerprint density at radius 1 is 0.778 bits per heavy atom. The summed E-state index contributed by atoms with van der Waals surface area (Å²) in [6.45, 7) is 0. The van der Waals surface area contributed by atoms with Crippen molar-refractivity contribution in [3.05, 3.63) is 124 Å².